The Bertz CT molecular complexity index is 292. The molecule has 1 heterocycles. The molecule has 2 N–H and O–H groups in total. The van der Waals surface area contributed by atoms with Crippen LogP contribution in [0.1, 0.15) is 13.3 Å². The minimum atomic E-state index is -3.33. The summed E-state index contributed by atoms with van der Waals surface area (Å²) in [7, 11) is -1.30. The Balaban J connectivity index is 2.36. The van der Waals surface area contributed by atoms with Gasteiger partial charge in [-0.3, -0.25) is 0 Å². The van der Waals surface area contributed by atoms with Gasteiger partial charge >= 0.3 is 0 Å². The van der Waals surface area contributed by atoms with Crippen molar-refractivity contribution in [1.29, 1.82) is 0 Å². The number of nitrogens with zero attached hydrogens (tertiary/aromatic N) is 1. The molecular weight excluding hydrogens is 216 g/mol. The summed E-state index contributed by atoms with van der Waals surface area (Å²) in [6.07, 6.45) is 1.03. The number of aliphatic hydroxyl groups excluding tert-OH is 1. The van der Waals surface area contributed by atoms with E-state index in [1.807, 2.05) is 7.05 Å². The monoisotopic (exact) mass is 236 g/mol. The van der Waals surface area contributed by atoms with E-state index in [0.717, 1.165) is 19.5 Å². The van der Waals surface area contributed by atoms with Crippen molar-refractivity contribution in [3.63, 3.8) is 0 Å². The van der Waals surface area contributed by atoms with Crippen molar-refractivity contribution >= 4 is 10.0 Å². The van der Waals surface area contributed by atoms with Crippen LogP contribution in [0, 0.1) is 5.92 Å². The normalized spacial score (nSPS) is 25.7. The van der Waals surface area contributed by atoms with E-state index in [1.54, 1.807) is 0 Å². The summed E-state index contributed by atoms with van der Waals surface area (Å²) >= 11 is 0. The number of hydrogen-bond donors (Lipinski definition) is 2. The number of likely N-dealkylation sites (tertiary alicyclic amines) is 1. The van der Waals surface area contributed by atoms with Gasteiger partial charge in [0.05, 0.1) is 11.9 Å². The second-order valence-corrected chi connectivity index (χ2v) is 6.49. The Labute approximate surface area is 91.5 Å². The van der Waals surface area contributed by atoms with Crippen LogP contribution in [0.25, 0.3) is 0 Å². The number of aliphatic hydroxyl groups is 1. The van der Waals surface area contributed by atoms with Gasteiger partial charge < -0.3 is 10.0 Å². The number of sulfonamides is 1. The van der Waals surface area contributed by atoms with Gasteiger partial charge in [0, 0.05) is 13.1 Å². The number of rotatable bonds is 5. The fourth-order valence-electron chi connectivity index (χ4n) is 1.67. The summed E-state index contributed by atoms with van der Waals surface area (Å²) in [6, 6.07) is 0. The van der Waals surface area contributed by atoms with Crippen molar-refractivity contribution < 1.29 is 13.5 Å². The summed E-state index contributed by atoms with van der Waals surface area (Å²) in [5.41, 5.74) is 0. The molecule has 1 aliphatic heterocycles. The van der Waals surface area contributed by atoms with Crippen LogP contribution < -0.4 is 4.72 Å². The molecule has 2 atom stereocenters. The first-order valence-corrected chi connectivity index (χ1v) is 6.78. The molecule has 0 aliphatic carbocycles. The van der Waals surface area contributed by atoms with Gasteiger partial charge in [0.2, 0.25) is 10.0 Å². The Hall–Kier alpha value is -0.170. The van der Waals surface area contributed by atoms with Crippen LogP contribution in [0.2, 0.25) is 0 Å². The molecule has 0 spiro atoms. The lowest BCUT2D eigenvalue weighted by Crippen LogP contribution is -2.37. The molecule has 0 aromatic heterocycles. The number of nitrogens with one attached hydrogen (secondary N) is 1. The minimum absolute atomic E-state index is 0.333. The van der Waals surface area contributed by atoms with Gasteiger partial charge in [-0.05, 0) is 32.9 Å². The van der Waals surface area contributed by atoms with E-state index in [0.29, 0.717) is 12.5 Å². The molecule has 1 saturated heterocycles. The van der Waals surface area contributed by atoms with Crippen LogP contribution in [0.3, 0.4) is 0 Å². The van der Waals surface area contributed by atoms with Crippen LogP contribution in [-0.2, 0) is 10.0 Å². The summed E-state index contributed by atoms with van der Waals surface area (Å²) in [5.74, 6) is 0.399. The van der Waals surface area contributed by atoms with Crippen molar-refractivity contribution in [1.82, 2.24) is 9.62 Å². The van der Waals surface area contributed by atoms with Crippen LogP contribution >= 0.6 is 0 Å². The van der Waals surface area contributed by atoms with Crippen LogP contribution in [0.4, 0.5) is 0 Å². The van der Waals surface area contributed by atoms with E-state index in [2.05, 4.69) is 9.62 Å². The molecule has 0 saturated carbocycles. The molecule has 1 aliphatic rings. The quantitative estimate of drug-likeness (QED) is 0.658. The fraction of sp³-hybridized carbons (Fsp3) is 1.00. The molecule has 5 nitrogen and oxygen atoms in total. The van der Waals surface area contributed by atoms with E-state index in [4.69, 9.17) is 5.11 Å². The Morgan fingerprint density at radius 1 is 1.60 bits per heavy atom. The van der Waals surface area contributed by atoms with Gasteiger partial charge in [-0.15, -0.1) is 0 Å². The molecule has 0 radical (unpaired) electrons. The molecule has 90 valence electrons. The van der Waals surface area contributed by atoms with Gasteiger partial charge in [0.25, 0.3) is 0 Å². The molecule has 6 heteroatoms. The van der Waals surface area contributed by atoms with Gasteiger partial charge in [-0.1, -0.05) is 0 Å². The standard InChI is InChI=1S/C9H20N2O3S/c1-8(7-12)15(13,14)10-5-9-3-4-11(2)6-9/h8-10,12H,3-7H2,1-2H3. The third-order valence-corrected chi connectivity index (χ3v) is 4.63. The smallest absolute Gasteiger partial charge is 0.216 e. The molecule has 0 bridgehead atoms. The average molecular weight is 236 g/mol. The van der Waals surface area contributed by atoms with E-state index < -0.39 is 15.3 Å². The summed E-state index contributed by atoms with van der Waals surface area (Å²) in [5, 5.41) is 8.05. The van der Waals surface area contributed by atoms with Crippen LogP contribution in [0.5, 0.6) is 0 Å². The van der Waals surface area contributed by atoms with Gasteiger partial charge in [0.1, 0.15) is 0 Å². The first-order valence-electron chi connectivity index (χ1n) is 5.23. The minimum Gasteiger partial charge on any atom is -0.395 e. The van der Waals surface area contributed by atoms with Gasteiger partial charge in [-0.2, -0.15) is 0 Å². The summed E-state index contributed by atoms with van der Waals surface area (Å²) in [6.45, 7) is 3.62. The third kappa shape index (κ3) is 3.71. The zero-order valence-electron chi connectivity index (χ0n) is 9.31. The van der Waals surface area contributed by atoms with E-state index in [1.165, 1.54) is 6.92 Å². The van der Waals surface area contributed by atoms with Crippen LogP contribution in [-0.4, -0.2) is 57.0 Å². The lowest BCUT2D eigenvalue weighted by molar-refractivity contribution is 0.294. The maximum absolute atomic E-state index is 11.5. The fourth-order valence-corrected chi connectivity index (χ4v) is 2.62. The molecule has 1 rings (SSSR count). The summed E-state index contributed by atoms with van der Waals surface area (Å²) < 4.78 is 25.6. The SMILES string of the molecule is CC(CO)S(=O)(=O)NCC1CCN(C)C1. The molecule has 0 amide bonds. The predicted molar refractivity (Wildman–Crippen MR) is 59.1 cm³/mol. The Kier molecular flexibility index (Phi) is 4.51. The van der Waals surface area contributed by atoms with Crippen molar-refractivity contribution in [2.24, 2.45) is 5.92 Å². The predicted octanol–water partition coefficient (Wildman–Crippen LogP) is -0.762. The Morgan fingerprint density at radius 2 is 2.27 bits per heavy atom. The molecular formula is C9H20N2O3S. The highest BCUT2D eigenvalue weighted by Gasteiger charge is 2.24. The highest BCUT2D eigenvalue weighted by atomic mass is 32.2. The lowest BCUT2D eigenvalue weighted by atomic mass is 10.1. The lowest BCUT2D eigenvalue weighted by Gasteiger charge is -2.14. The topological polar surface area (TPSA) is 69.6 Å². The molecule has 0 aromatic carbocycles. The highest BCUT2D eigenvalue weighted by Crippen LogP contribution is 2.13. The van der Waals surface area contributed by atoms with Gasteiger partial charge in [0.15, 0.2) is 0 Å². The van der Waals surface area contributed by atoms with E-state index >= 15 is 0 Å². The van der Waals surface area contributed by atoms with E-state index in [-0.39, 0.29) is 6.61 Å². The maximum atomic E-state index is 11.5. The molecule has 2 unspecified atom stereocenters. The molecule has 15 heavy (non-hydrogen) atoms. The van der Waals surface area contributed by atoms with Crippen molar-refractivity contribution in [2.45, 2.75) is 18.6 Å². The first kappa shape index (κ1) is 12.9. The second-order valence-electron chi connectivity index (χ2n) is 4.30. The zero-order chi connectivity index (χ0) is 11.5. The molecule has 1 fully saturated rings. The summed E-state index contributed by atoms with van der Waals surface area (Å²) in [4.78, 5) is 2.19. The first-order chi connectivity index (χ1) is 6.95. The van der Waals surface area contributed by atoms with Crippen molar-refractivity contribution in [3.05, 3.63) is 0 Å². The van der Waals surface area contributed by atoms with Crippen molar-refractivity contribution in [3.8, 4) is 0 Å². The van der Waals surface area contributed by atoms with Crippen LogP contribution in [0.15, 0.2) is 0 Å². The Morgan fingerprint density at radius 3 is 2.73 bits per heavy atom. The molecule has 0 aromatic rings. The highest BCUT2D eigenvalue weighted by molar-refractivity contribution is 7.90. The van der Waals surface area contributed by atoms with E-state index in [9.17, 15) is 8.42 Å². The van der Waals surface area contributed by atoms with Gasteiger partial charge in [-0.25, -0.2) is 13.1 Å². The second kappa shape index (κ2) is 5.25. The third-order valence-electron chi connectivity index (χ3n) is 2.85. The maximum Gasteiger partial charge on any atom is 0.216 e. The zero-order valence-corrected chi connectivity index (χ0v) is 10.1. The number of hydrogen-bond acceptors (Lipinski definition) is 4. The van der Waals surface area contributed by atoms with Crippen molar-refractivity contribution in [2.75, 3.05) is 33.3 Å². The largest absolute Gasteiger partial charge is 0.395 e. The average Bonchev–Trinajstić information content (AvgIpc) is 2.60.